The molecule has 1 aromatic rings. The third-order valence-electron chi connectivity index (χ3n) is 5.08. The summed E-state index contributed by atoms with van der Waals surface area (Å²) in [7, 11) is 1.13. The van der Waals surface area contributed by atoms with E-state index >= 15 is 0 Å². The molecule has 1 aromatic carbocycles. The maximum Gasteiger partial charge on any atom is 0.333 e. The minimum atomic E-state index is -1.43. The number of esters is 5. The second-order valence-electron chi connectivity index (χ2n) is 8.44. The number of ether oxygens (including phenoxy) is 5. The van der Waals surface area contributed by atoms with Crippen LogP contribution in [0.1, 0.15) is 19.4 Å². The summed E-state index contributed by atoms with van der Waals surface area (Å²) in [4.78, 5) is 84.5. The van der Waals surface area contributed by atoms with Crippen LogP contribution in [0.3, 0.4) is 0 Å². The summed E-state index contributed by atoms with van der Waals surface area (Å²) in [6, 6.07) is 7.30. The van der Waals surface area contributed by atoms with Crippen molar-refractivity contribution in [2.45, 2.75) is 26.3 Å². The summed E-state index contributed by atoms with van der Waals surface area (Å²) in [5.41, 5.74) is 0.689. The molecule has 0 heterocycles. The Morgan fingerprint density at radius 1 is 0.857 bits per heavy atom. The van der Waals surface area contributed by atoms with Crippen LogP contribution in [-0.4, -0.2) is 106 Å². The highest BCUT2D eigenvalue weighted by Crippen LogP contribution is 2.01. The summed E-state index contributed by atoms with van der Waals surface area (Å²) < 4.78 is 24.1. The van der Waals surface area contributed by atoms with E-state index in [1.807, 2.05) is 0 Å². The van der Waals surface area contributed by atoms with Gasteiger partial charge in [0.2, 0.25) is 18.6 Å². The lowest BCUT2D eigenvalue weighted by Crippen LogP contribution is -2.52. The van der Waals surface area contributed by atoms with Crippen LogP contribution in [0.5, 0.6) is 0 Å². The molecule has 0 aromatic heterocycles. The topological polar surface area (TPSA) is 193 Å². The molecule has 1 atom stereocenters. The number of nitrogens with one attached hydrogen (secondary N) is 2. The third kappa shape index (κ3) is 17.0. The van der Waals surface area contributed by atoms with E-state index in [0.717, 1.165) is 19.3 Å². The summed E-state index contributed by atoms with van der Waals surface area (Å²) in [6.45, 7) is 1.05. The van der Waals surface area contributed by atoms with E-state index in [0.29, 0.717) is 5.56 Å². The Balaban J connectivity index is 2.81. The largest absolute Gasteiger partial charge is 0.466 e. The highest BCUT2D eigenvalue weighted by Gasteiger charge is 2.24. The molecule has 0 fully saturated rings. The summed E-state index contributed by atoms with van der Waals surface area (Å²) >= 11 is 0. The Bertz CT molecular complexity index is 1090. The number of carbonyl (C=O) groups is 7. The fourth-order valence-electron chi connectivity index (χ4n) is 3.08. The molecule has 0 radical (unpaired) electrons. The monoisotopic (exact) mass is 593 g/mol. The highest BCUT2D eigenvalue weighted by molar-refractivity contribution is 5.95. The SMILES string of the molecule is COC(=O)/C=C/C(=O)NC[C@H](NC(=O)CN(CCOC(C)=O)CCOC(C)=O)C(=O)OCOC(=O)Cc1ccccc1. The van der Waals surface area contributed by atoms with Gasteiger partial charge < -0.3 is 34.3 Å². The van der Waals surface area contributed by atoms with E-state index in [9.17, 15) is 33.6 Å². The fraction of sp³-hybridized carbons (Fsp3) is 0.444. The molecule has 0 saturated carbocycles. The van der Waals surface area contributed by atoms with Crippen molar-refractivity contribution in [3.05, 3.63) is 48.0 Å². The van der Waals surface area contributed by atoms with Crippen LogP contribution in [-0.2, 0) is 63.7 Å². The van der Waals surface area contributed by atoms with Crippen LogP contribution in [0, 0.1) is 0 Å². The second kappa shape index (κ2) is 20.1. The van der Waals surface area contributed by atoms with Gasteiger partial charge in [-0.2, -0.15) is 0 Å². The predicted octanol–water partition coefficient (Wildman–Crippen LogP) is -0.969. The molecule has 1 rings (SSSR count). The summed E-state index contributed by atoms with van der Waals surface area (Å²) in [6.07, 6.45) is 1.67. The number of nitrogens with zero attached hydrogens (tertiary/aromatic N) is 1. The molecular weight excluding hydrogens is 558 g/mol. The van der Waals surface area contributed by atoms with E-state index in [-0.39, 0.29) is 39.3 Å². The lowest BCUT2D eigenvalue weighted by Gasteiger charge is -2.23. The van der Waals surface area contributed by atoms with Gasteiger partial charge in [0.05, 0.1) is 20.1 Å². The van der Waals surface area contributed by atoms with Crippen LogP contribution in [0.2, 0.25) is 0 Å². The molecule has 0 bridgehead atoms. The Morgan fingerprint density at radius 2 is 1.48 bits per heavy atom. The number of rotatable bonds is 18. The first kappa shape index (κ1) is 35.2. The average Bonchev–Trinajstić information content (AvgIpc) is 2.93. The number of benzene rings is 1. The van der Waals surface area contributed by atoms with Gasteiger partial charge in [0, 0.05) is 45.6 Å². The number of hydrogen-bond donors (Lipinski definition) is 2. The maximum atomic E-state index is 12.8. The minimum Gasteiger partial charge on any atom is -0.466 e. The van der Waals surface area contributed by atoms with E-state index in [1.165, 1.54) is 18.7 Å². The first-order valence-corrected chi connectivity index (χ1v) is 12.7. The Labute approximate surface area is 242 Å². The molecule has 2 amide bonds. The van der Waals surface area contributed by atoms with Crippen molar-refractivity contribution in [3.63, 3.8) is 0 Å². The molecule has 230 valence electrons. The van der Waals surface area contributed by atoms with Crippen molar-refractivity contribution in [3.8, 4) is 0 Å². The Morgan fingerprint density at radius 3 is 2.05 bits per heavy atom. The quantitative estimate of drug-likeness (QED) is 0.0915. The molecular formula is C27H35N3O12. The van der Waals surface area contributed by atoms with E-state index in [2.05, 4.69) is 15.4 Å². The smallest absolute Gasteiger partial charge is 0.333 e. The van der Waals surface area contributed by atoms with Crippen LogP contribution in [0.25, 0.3) is 0 Å². The molecule has 0 unspecified atom stereocenters. The van der Waals surface area contributed by atoms with Crippen molar-refractivity contribution < 1.29 is 57.2 Å². The zero-order valence-electron chi connectivity index (χ0n) is 23.6. The van der Waals surface area contributed by atoms with Gasteiger partial charge in [-0.3, -0.25) is 28.9 Å². The van der Waals surface area contributed by atoms with Gasteiger partial charge in [0.25, 0.3) is 0 Å². The molecule has 15 nitrogen and oxygen atoms in total. The van der Waals surface area contributed by atoms with Gasteiger partial charge in [0.15, 0.2) is 0 Å². The molecule has 0 aliphatic rings. The van der Waals surface area contributed by atoms with Crippen LogP contribution >= 0.6 is 0 Å². The van der Waals surface area contributed by atoms with Gasteiger partial charge in [-0.05, 0) is 5.56 Å². The van der Waals surface area contributed by atoms with Gasteiger partial charge in [-0.1, -0.05) is 30.3 Å². The van der Waals surface area contributed by atoms with Crippen LogP contribution in [0.4, 0.5) is 0 Å². The lowest BCUT2D eigenvalue weighted by atomic mass is 10.2. The van der Waals surface area contributed by atoms with Gasteiger partial charge in [0.1, 0.15) is 19.3 Å². The molecule has 0 spiro atoms. The van der Waals surface area contributed by atoms with Crippen molar-refractivity contribution in [2.24, 2.45) is 0 Å². The average molecular weight is 594 g/mol. The highest BCUT2D eigenvalue weighted by atomic mass is 16.7. The van der Waals surface area contributed by atoms with Crippen molar-refractivity contribution >= 4 is 41.7 Å². The maximum absolute atomic E-state index is 12.8. The van der Waals surface area contributed by atoms with E-state index in [4.69, 9.17) is 18.9 Å². The second-order valence-corrected chi connectivity index (χ2v) is 8.44. The summed E-state index contributed by atoms with van der Waals surface area (Å²) in [5.74, 6) is -4.98. The van der Waals surface area contributed by atoms with Gasteiger partial charge >= 0.3 is 29.8 Å². The Kier molecular flexibility index (Phi) is 16.9. The van der Waals surface area contributed by atoms with Crippen LogP contribution in [0.15, 0.2) is 42.5 Å². The van der Waals surface area contributed by atoms with Crippen molar-refractivity contribution in [1.29, 1.82) is 0 Å². The minimum absolute atomic E-state index is 0.0505. The zero-order chi connectivity index (χ0) is 31.3. The molecule has 15 heteroatoms. The molecule has 0 aliphatic carbocycles. The molecule has 0 aliphatic heterocycles. The van der Waals surface area contributed by atoms with Crippen LogP contribution < -0.4 is 10.6 Å². The predicted molar refractivity (Wildman–Crippen MR) is 143 cm³/mol. The van der Waals surface area contributed by atoms with Crippen molar-refractivity contribution in [2.75, 3.05) is 53.3 Å². The number of methoxy groups -OCH3 is 1. The summed E-state index contributed by atoms with van der Waals surface area (Å²) in [5, 5.41) is 4.76. The third-order valence-corrected chi connectivity index (χ3v) is 5.08. The fourth-order valence-corrected chi connectivity index (χ4v) is 3.08. The molecule has 0 saturated heterocycles. The lowest BCUT2D eigenvalue weighted by molar-refractivity contribution is -0.169. The normalized spacial score (nSPS) is 11.2. The first-order valence-electron chi connectivity index (χ1n) is 12.7. The first-order chi connectivity index (χ1) is 20.0. The number of hydrogen-bond acceptors (Lipinski definition) is 13. The zero-order valence-corrected chi connectivity index (χ0v) is 23.6. The van der Waals surface area contributed by atoms with E-state index < -0.39 is 61.0 Å². The standard InChI is InChI=1S/C27H35N3O12/c1-19(31)39-13-11-30(12-14-40-20(2)32)17-24(34)29-22(16-28-23(33)9-10-25(35)38-3)27(37)42-18-41-26(36)15-21-7-5-4-6-8-21/h4-10,22H,11-18H2,1-3H3,(H,28,33)(H,29,34)/b10-9+/t22-/m0/s1. The Hall–Kier alpha value is -4.79. The molecule has 42 heavy (non-hydrogen) atoms. The number of carbonyl (C=O) groups excluding carboxylic acids is 7. The van der Waals surface area contributed by atoms with Gasteiger partial charge in [-0.25, -0.2) is 9.59 Å². The molecule has 2 N–H and O–H groups in total. The van der Waals surface area contributed by atoms with Gasteiger partial charge in [-0.15, -0.1) is 0 Å². The number of amides is 2. The van der Waals surface area contributed by atoms with E-state index in [1.54, 1.807) is 30.3 Å². The van der Waals surface area contributed by atoms with Crippen molar-refractivity contribution in [1.82, 2.24) is 15.5 Å².